The molecule has 110 valence electrons. The molecule has 21 heavy (non-hydrogen) atoms. The van der Waals surface area contributed by atoms with Gasteiger partial charge in [0.25, 0.3) is 0 Å². The molecule has 0 fully saturated rings. The quantitative estimate of drug-likeness (QED) is 0.836. The molecule has 1 heterocycles. The monoisotopic (exact) mass is 281 g/mol. The van der Waals surface area contributed by atoms with Crippen molar-refractivity contribution in [1.29, 1.82) is 0 Å². The molecule has 1 aliphatic rings. The Labute approximate surface area is 127 Å². The van der Waals surface area contributed by atoms with Crippen molar-refractivity contribution in [2.75, 3.05) is 13.6 Å². The Morgan fingerprint density at radius 3 is 2.52 bits per heavy atom. The SMILES string of the molecule is CNCCCC1(c2ccccc2)OC(C)c2ccccc21. The smallest absolute Gasteiger partial charge is 0.119 e. The van der Waals surface area contributed by atoms with Crippen molar-refractivity contribution >= 4 is 0 Å². The van der Waals surface area contributed by atoms with Crippen LogP contribution in [0.5, 0.6) is 0 Å². The van der Waals surface area contributed by atoms with E-state index in [2.05, 4.69) is 66.8 Å². The maximum absolute atomic E-state index is 6.52. The normalized spacial score (nSPS) is 24.0. The Bertz CT molecular complexity index is 596. The first-order valence-electron chi connectivity index (χ1n) is 7.75. The molecule has 2 nitrogen and oxygen atoms in total. The molecule has 0 radical (unpaired) electrons. The summed E-state index contributed by atoms with van der Waals surface area (Å²) < 4.78 is 6.52. The highest BCUT2D eigenvalue weighted by Gasteiger charge is 2.43. The van der Waals surface area contributed by atoms with Crippen molar-refractivity contribution in [2.24, 2.45) is 0 Å². The molecule has 0 amide bonds. The number of fused-ring (bicyclic) bond motifs is 1. The zero-order valence-electron chi connectivity index (χ0n) is 12.8. The first-order chi connectivity index (χ1) is 10.3. The van der Waals surface area contributed by atoms with Gasteiger partial charge in [-0.1, -0.05) is 54.6 Å². The van der Waals surface area contributed by atoms with E-state index in [9.17, 15) is 0 Å². The minimum atomic E-state index is -0.298. The fourth-order valence-electron chi connectivity index (χ4n) is 3.43. The highest BCUT2D eigenvalue weighted by atomic mass is 16.5. The largest absolute Gasteiger partial charge is 0.358 e. The summed E-state index contributed by atoms with van der Waals surface area (Å²) in [6.45, 7) is 3.16. The lowest BCUT2D eigenvalue weighted by molar-refractivity contribution is -0.0471. The maximum Gasteiger partial charge on any atom is 0.119 e. The fraction of sp³-hybridized carbons (Fsp3) is 0.368. The van der Waals surface area contributed by atoms with E-state index < -0.39 is 0 Å². The lowest BCUT2D eigenvalue weighted by Crippen LogP contribution is -2.28. The summed E-state index contributed by atoms with van der Waals surface area (Å²) in [6, 6.07) is 19.3. The number of benzene rings is 2. The number of ether oxygens (including phenoxy) is 1. The maximum atomic E-state index is 6.52. The summed E-state index contributed by atoms with van der Waals surface area (Å²) >= 11 is 0. The van der Waals surface area contributed by atoms with Crippen LogP contribution in [0, 0.1) is 0 Å². The molecule has 0 bridgehead atoms. The van der Waals surface area contributed by atoms with Crippen LogP contribution in [0.1, 0.15) is 42.6 Å². The molecule has 2 aromatic rings. The van der Waals surface area contributed by atoms with E-state index in [1.54, 1.807) is 0 Å². The van der Waals surface area contributed by atoms with Crippen LogP contribution in [-0.2, 0) is 10.3 Å². The lowest BCUT2D eigenvalue weighted by Gasteiger charge is -2.31. The Kier molecular flexibility index (Phi) is 4.09. The van der Waals surface area contributed by atoms with Crippen molar-refractivity contribution in [2.45, 2.75) is 31.5 Å². The second kappa shape index (κ2) is 6.00. The summed E-state index contributed by atoms with van der Waals surface area (Å²) in [7, 11) is 2.00. The standard InChI is InChI=1S/C19H23NO/c1-15-17-11-6-7-12-18(17)19(21-15,13-8-14-20-2)16-9-4-3-5-10-16/h3-7,9-12,15,20H,8,13-14H2,1-2H3. The van der Waals surface area contributed by atoms with Gasteiger partial charge in [-0.05, 0) is 50.0 Å². The van der Waals surface area contributed by atoms with Gasteiger partial charge < -0.3 is 10.1 Å². The van der Waals surface area contributed by atoms with Crippen molar-refractivity contribution in [3.05, 3.63) is 71.3 Å². The van der Waals surface area contributed by atoms with Crippen LogP contribution in [0.15, 0.2) is 54.6 Å². The van der Waals surface area contributed by atoms with Crippen molar-refractivity contribution < 1.29 is 4.74 Å². The van der Waals surface area contributed by atoms with Gasteiger partial charge in [0.1, 0.15) is 5.60 Å². The number of hydrogen-bond donors (Lipinski definition) is 1. The summed E-state index contributed by atoms with van der Waals surface area (Å²) in [4.78, 5) is 0. The van der Waals surface area contributed by atoms with Gasteiger partial charge in [0.05, 0.1) is 6.10 Å². The zero-order chi connectivity index (χ0) is 14.7. The van der Waals surface area contributed by atoms with Crippen LogP contribution >= 0.6 is 0 Å². The second-order valence-corrected chi connectivity index (χ2v) is 5.75. The molecular formula is C19H23NO. The Morgan fingerprint density at radius 2 is 1.76 bits per heavy atom. The Morgan fingerprint density at radius 1 is 1.05 bits per heavy atom. The minimum Gasteiger partial charge on any atom is -0.358 e. The molecule has 0 spiro atoms. The third-order valence-electron chi connectivity index (χ3n) is 4.41. The van der Waals surface area contributed by atoms with Gasteiger partial charge in [-0.3, -0.25) is 0 Å². The third-order valence-corrected chi connectivity index (χ3v) is 4.41. The van der Waals surface area contributed by atoms with E-state index >= 15 is 0 Å². The number of hydrogen-bond acceptors (Lipinski definition) is 2. The Hall–Kier alpha value is -1.64. The molecule has 2 aromatic carbocycles. The molecule has 0 saturated heterocycles. The van der Waals surface area contributed by atoms with Gasteiger partial charge in [-0.2, -0.15) is 0 Å². The van der Waals surface area contributed by atoms with Gasteiger partial charge in [-0.15, -0.1) is 0 Å². The van der Waals surface area contributed by atoms with Crippen LogP contribution < -0.4 is 5.32 Å². The van der Waals surface area contributed by atoms with Crippen LogP contribution in [0.4, 0.5) is 0 Å². The molecule has 2 heteroatoms. The highest BCUT2D eigenvalue weighted by Crippen LogP contribution is 2.49. The Balaban J connectivity index is 2.06. The van der Waals surface area contributed by atoms with Gasteiger partial charge >= 0.3 is 0 Å². The minimum absolute atomic E-state index is 0.149. The van der Waals surface area contributed by atoms with E-state index in [0.717, 1.165) is 19.4 Å². The topological polar surface area (TPSA) is 21.3 Å². The average Bonchev–Trinajstić information content (AvgIpc) is 2.83. The van der Waals surface area contributed by atoms with Gasteiger partial charge in [0, 0.05) is 0 Å². The molecule has 2 unspecified atom stereocenters. The summed E-state index contributed by atoms with van der Waals surface area (Å²) in [5, 5.41) is 3.24. The number of nitrogens with one attached hydrogen (secondary N) is 1. The molecule has 0 aliphatic carbocycles. The van der Waals surface area contributed by atoms with Crippen LogP contribution in [0.3, 0.4) is 0 Å². The van der Waals surface area contributed by atoms with Crippen LogP contribution in [0.25, 0.3) is 0 Å². The first kappa shape index (κ1) is 14.3. The molecular weight excluding hydrogens is 258 g/mol. The van der Waals surface area contributed by atoms with Crippen molar-refractivity contribution in [3.8, 4) is 0 Å². The molecule has 3 rings (SSSR count). The third kappa shape index (κ3) is 2.50. The van der Waals surface area contributed by atoms with Gasteiger partial charge in [-0.25, -0.2) is 0 Å². The summed E-state index contributed by atoms with van der Waals surface area (Å²) in [5.41, 5.74) is 3.62. The molecule has 1 aliphatic heterocycles. The zero-order valence-corrected chi connectivity index (χ0v) is 12.8. The summed E-state index contributed by atoms with van der Waals surface area (Å²) in [6.07, 6.45) is 2.24. The molecule has 2 atom stereocenters. The van der Waals surface area contributed by atoms with Gasteiger partial charge in [0.2, 0.25) is 0 Å². The van der Waals surface area contributed by atoms with Crippen molar-refractivity contribution in [1.82, 2.24) is 5.32 Å². The first-order valence-corrected chi connectivity index (χ1v) is 7.75. The van der Waals surface area contributed by atoms with Gasteiger partial charge in [0.15, 0.2) is 0 Å². The second-order valence-electron chi connectivity index (χ2n) is 5.75. The highest BCUT2D eigenvalue weighted by molar-refractivity contribution is 5.45. The lowest BCUT2D eigenvalue weighted by atomic mass is 9.82. The predicted octanol–water partition coefficient (Wildman–Crippen LogP) is 4.02. The van der Waals surface area contributed by atoms with Crippen LogP contribution in [0.2, 0.25) is 0 Å². The van der Waals surface area contributed by atoms with Crippen molar-refractivity contribution in [3.63, 3.8) is 0 Å². The van der Waals surface area contributed by atoms with E-state index in [0.29, 0.717) is 0 Å². The van der Waals surface area contributed by atoms with E-state index in [-0.39, 0.29) is 11.7 Å². The van der Waals surface area contributed by atoms with E-state index in [1.807, 2.05) is 7.05 Å². The fourth-order valence-corrected chi connectivity index (χ4v) is 3.43. The predicted molar refractivity (Wildman–Crippen MR) is 86.3 cm³/mol. The molecule has 1 N–H and O–H groups in total. The number of rotatable bonds is 5. The van der Waals surface area contributed by atoms with E-state index in [1.165, 1.54) is 16.7 Å². The summed E-state index contributed by atoms with van der Waals surface area (Å²) in [5.74, 6) is 0. The molecule has 0 aromatic heterocycles. The molecule has 0 saturated carbocycles. The average molecular weight is 281 g/mol. The van der Waals surface area contributed by atoms with Crippen LogP contribution in [-0.4, -0.2) is 13.6 Å². The van der Waals surface area contributed by atoms with E-state index in [4.69, 9.17) is 4.74 Å².